The van der Waals surface area contributed by atoms with Gasteiger partial charge in [-0.05, 0) is 6.42 Å². The van der Waals surface area contributed by atoms with Crippen molar-refractivity contribution in [2.45, 2.75) is 134 Å². The Morgan fingerprint density at radius 2 is 1.45 bits per heavy atom. The fourth-order valence-electron chi connectivity index (χ4n) is 5.32. The van der Waals surface area contributed by atoms with Crippen LogP contribution in [0.5, 0.6) is 0 Å². The highest BCUT2D eigenvalue weighted by atomic mass is 31.2. The molecule has 1 fully saturated rings. The minimum Gasteiger partial charge on any atom is -0.382 e. The van der Waals surface area contributed by atoms with Crippen LogP contribution in [0.15, 0.2) is 12.3 Å². The number of likely N-dealkylation sites (N-methyl/N-ethyl adjacent to an activating group) is 1. The third-order valence-corrected chi connectivity index (χ3v) is 8.26. The molecule has 0 bridgehead atoms. The first-order valence-electron chi connectivity index (χ1n) is 16.6. The number of nitrogens with zero attached hydrogens (tertiary/aromatic N) is 1. The number of amides is 3. The molecular formula is C32H60N3O8P. The lowest BCUT2D eigenvalue weighted by Gasteiger charge is -2.29. The minimum atomic E-state index is -1.75. The van der Waals surface area contributed by atoms with E-state index in [4.69, 9.17) is 18.7 Å². The Morgan fingerprint density at radius 3 is 1.95 bits per heavy atom. The van der Waals surface area contributed by atoms with Gasteiger partial charge >= 0.3 is 0 Å². The van der Waals surface area contributed by atoms with Crippen LogP contribution in [-0.2, 0) is 33.1 Å². The van der Waals surface area contributed by atoms with Gasteiger partial charge in [0, 0.05) is 39.6 Å². The molecule has 44 heavy (non-hydrogen) atoms. The third-order valence-electron chi connectivity index (χ3n) is 7.71. The third kappa shape index (κ3) is 19.0. The number of ether oxygens (including phenoxy) is 3. The quantitative estimate of drug-likeness (QED) is 0.0457. The molecular weight excluding hydrogens is 585 g/mol. The molecule has 1 aliphatic rings. The summed E-state index contributed by atoms with van der Waals surface area (Å²) < 4.78 is 23.1. The highest BCUT2D eigenvalue weighted by Crippen LogP contribution is 2.37. The fourth-order valence-corrected chi connectivity index (χ4v) is 5.92. The van der Waals surface area contributed by atoms with Gasteiger partial charge in [-0.1, -0.05) is 103 Å². The zero-order chi connectivity index (χ0) is 32.4. The van der Waals surface area contributed by atoms with Gasteiger partial charge in [0.05, 0.1) is 6.61 Å². The molecule has 0 aromatic heterocycles. The van der Waals surface area contributed by atoms with Crippen molar-refractivity contribution >= 4 is 26.6 Å². The molecule has 0 aromatic carbocycles. The fraction of sp³-hybridized carbons (Fsp3) is 0.844. The van der Waals surface area contributed by atoms with Crippen molar-refractivity contribution in [1.29, 1.82) is 0 Å². The molecule has 1 saturated heterocycles. The standard InChI is InChI=1S/C32H60N3O8P/c1-5-6-7-8-9-10-11-12-13-14-15-16-17-18-19-20-22-33-29(38)25-41-31-30(43-44(4)39)27(24-40-3)42-32(31)35(2)23-21-28(37)34-26-36/h21,23,26-27,30-32,39H,5-20,22,24-25H2,1-4H3,(H,33,38)(H,34,36,37)/b23-21-. The molecule has 0 aliphatic carbocycles. The van der Waals surface area contributed by atoms with Gasteiger partial charge in [-0.2, -0.15) is 0 Å². The molecule has 0 saturated carbocycles. The number of nitrogens with one attached hydrogen (secondary N) is 2. The van der Waals surface area contributed by atoms with E-state index in [9.17, 15) is 19.3 Å². The van der Waals surface area contributed by atoms with E-state index < -0.39 is 38.8 Å². The zero-order valence-electron chi connectivity index (χ0n) is 27.7. The second-order valence-electron chi connectivity index (χ2n) is 11.6. The van der Waals surface area contributed by atoms with Crippen LogP contribution in [0.2, 0.25) is 0 Å². The van der Waals surface area contributed by atoms with Gasteiger partial charge in [-0.25, -0.2) is 0 Å². The van der Waals surface area contributed by atoms with E-state index >= 15 is 0 Å². The number of carbonyl (C=O) groups is 3. The van der Waals surface area contributed by atoms with Crippen molar-refractivity contribution in [1.82, 2.24) is 15.5 Å². The number of unbranched alkanes of at least 4 members (excludes halogenated alkanes) is 15. The van der Waals surface area contributed by atoms with Crippen molar-refractivity contribution in [2.24, 2.45) is 0 Å². The lowest BCUT2D eigenvalue weighted by Crippen LogP contribution is -2.44. The van der Waals surface area contributed by atoms with Gasteiger partial charge in [0.2, 0.25) is 12.3 Å². The minimum absolute atomic E-state index is 0.179. The number of hydrogen-bond donors (Lipinski definition) is 3. The molecule has 0 radical (unpaired) electrons. The van der Waals surface area contributed by atoms with Gasteiger partial charge in [-0.3, -0.25) is 19.7 Å². The van der Waals surface area contributed by atoms with Crippen LogP contribution < -0.4 is 10.6 Å². The monoisotopic (exact) mass is 645 g/mol. The topological polar surface area (TPSA) is 136 Å². The Hall–Kier alpha value is -1.62. The Bertz CT molecular complexity index is 789. The summed E-state index contributed by atoms with van der Waals surface area (Å²) in [7, 11) is 1.45. The summed E-state index contributed by atoms with van der Waals surface area (Å²) in [6, 6.07) is 0. The summed E-state index contributed by atoms with van der Waals surface area (Å²) in [5, 5.41) is 4.95. The predicted molar refractivity (Wildman–Crippen MR) is 174 cm³/mol. The van der Waals surface area contributed by atoms with Crippen molar-refractivity contribution in [3.63, 3.8) is 0 Å². The lowest BCUT2D eigenvalue weighted by molar-refractivity contribution is -0.134. The van der Waals surface area contributed by atoms with E-state index in [1.807, 2.05) is 5.32 Å². The van der Waals surface area contributed by atoms with Crippen LogP contribution >= 0.6 is 8.38 Å². The highest BCUT2D eigenvalue weighted by molar-refractivity contribution is 7.45. The van der Waals surface area contributed by atoms with Crippen LogP contribution in [0.3, 0.4) is 0 Å². The van der Waals surface area contributed by atoms with E-state index in [0.29, 0.717) is 13.0 Å². The van der Waals surface area contributed by atoms with Crippen LogP contribution in [0.25, 0.3) is 0 Å². The average molecular weight is 646 g/mol. The Balaban J connectivity index is 2.30. The maximum atomic E-state index is 12.6. The van der Waals surface area contributed by atoms with Crippen LogP contribution in [0, 0.1) is 0 Å². The molecule has 1 rings (SSSR count). The van der Waals surface area contributed by atoms with Crippen LogP contribution in [0.4, 0.5) is 0 Å². The van der Waals surface area contributed by atoms with Gasteiger partial charge in [0.1, 0.15) is 24.9 Å². The largest absolute Gasteiger partial charge is 0.382 e. The molecule has 0 aromatic rings. The normalized spacial score (nSPS) is 20.6. The lowest BCUT2D eigenvalue weighted by atomic mass is 10.0. The molecule has 5 unspecified atom stereocenters. The molecule has 5 atom stereocenters. The van der Waals surface area contributed by atoms with E-state index in [1.165, 1.54) is 109 Å². The second-order valence-corrected chi connectivity index (χ2v) is 12.7. The van der Waals surface area contributed by atoms with Crippen molar-refractivity contribution in [3.8, 4) is 0 Å². The van der Waals surface area contributed by atoms with Crippen LogP contribution in [0.1, 0.15) is 110 Å². The summed E-state index contributed by atoms with van der Waals surface area (Å²) in [5.74, 6) is -0.838. The first-order chi connectivity index (χ1) is 21.3. The maximum Gasteiger partial charge on any atom is 0.251 e. The molecule has 3 N–H and O–H groups in total. The SMILES string of the molecule is CCCCCCCCCCCCCCCCCCNC(=O)COC1C(OP(C)O)C(COC)OC1N(C)/C=C\C(=O)NC=O. The van der Waals surface area contributed by atoms with Gasteiger partial charge in [0.15, 0.2) is 14.6 Å². The molecule has 3 amide bonds. The highest BCUT2D eigenvalue weighted by Gasteiger charge is 2.48. The zero-order valence-corrected chi connectivity index (χ0v) is 28.6. The number of hydrogen-bond acceptors (Lipinski definition) is 9. The summed E-state index contributed by atoms with van der Waals surface area (Å²) in [6.07, 6.45) is 21.0. The number of imide groups is 1. The number of rotatable bonds is 28. The average Bonchev–Trinajstić information content (AvgIpc) is 3.32. The Morgan fingerprint density at radius 1 is 0.909 bits per heavy atom. The van der Waals surface area contributed by atoms with E-state index in [0.717, 1.165) is 12.8 Å². The second kappa shape index (κ2) is 26.6. The molecule has 12 heteroatoms. The van der Waals surface area contributed by atoms with Crippen molar-refractivity contribution in [3.05, 3.63) is 12.3 Å². The summed E-state index contributed by atoms with van der Waals surface area (Å²) in [4.78, 5) is 46.3. The molecule has 256 valence electrons. The summed E-state index contributed by atoms with van der Waals surface area (Å²) in [5.41, 5.74) is 0. The Kier molecular flexibility index (Phi) is 24.4. The van der Waals surface area contributed by atoms with E-state index in [2.05, 4.69) is 12.2 Å². The molecule has 0 spiro atoms. The maximum absolute atomic E-state index is 12.6. The number of methoxy groups -OCH3 is 1. The first-order valence-corrected chi connectivity index (χ1v) is 18.3. The Labute approximate surface area is 267 Å². The van der Waals surface area contributed by atoms with Gasteiger partial charge in [-0.15, -0.1) is 0 Å². The molecule has 11 nitrogen and oxygen atoms in total. The van der Waals surface area contributed by atoms with Crippen molar-refractivity contribution in [2.75, 3.05) is 40.6 Å². The van der Waals surface area contributed by atoms with Gasteiger partial charge < -0.3 is 33.8 Å². The smallest absolute Gasteiger partial charge is 0.251 e. The summed E-state index contributed by atoms with van der Waals surface area (Å²) >= 11 is 0. The predicted octanol–water partition coefficient (Wildman–Crippen LogP) is 5.16. The molecule has 1 aliphatic heterocycles. The number of carbonyl (C=O) groups excluding carboxylic acids is 3. The van der Waals surface area contributed by atoms with E-state index in [-0.39, 0.29) is 19.1 Å². The summed E-state index contributed by atoms with van der Waals surface area (Å²) in [6.45, 7) is 4.36. The van der Waals surface area contributed by atoms with Crippen LogP contribution in [-0.4, -0.2) is 93.1 Å². The first kappa shape index (κ1) is 40.4. The molecule has 1 heterocycles. The van der Waals surface area contributed by atoms with Gasteiger partial charge in [0.25, 0.3) is 5.91 Å². The van der Waals surface area contributed by atoms with Crippen molar-refractivity contribution < 1.29 is 38.0 Å². The van der Waals surface area contributed by atoms with E-state index in [1.54, 1.807) is 18.6 Å².